The molecule has 0 aliphatic heterocycles. The van der Waals surface area contributed by atoms with Crippen LogP contribution in [0.15, 0.2) is 30.6 Å². The van der Waals surface area contributed by atoms with Crippen LogP contribution in [0.2, 0.25) is 0 Å². The number of anilines is 2. The summed E-state index contributed by atoms with van der Waals surface area (Å²) in [6, 6.07) is 5.79. The number of aliphatic hydroxyl groups excluding tert-OH is 1. The van der Waals surface area contributed by atoms with Crippen LogP contribution in [0.4, 0.5) is 11.4 Å². The maximum atomic E-state index is 9.07. The number of nitrogens with zero attached hydrogens (tertiary/aromatic N) is 1. The molecular weight excluding hydrogens is 226 g/mol. The number of nitrogens with one attached hydrogen (secondary N) is 1. The first-order chi connectivity index (χ1) is 8.53. The van der Waals surface area contributed by atoms with Crippen LogP contribution < -0.4 is 11.1 Å². The van der Waals surface area contributed by atoms with Crippen molar-refractivity contribution in [2.75, 3.05) is 17.7 Å². The van der Waals surface area contributed by atoms with Gasteiger partial charge >= 0.3 is 0 Å². The molecule has 0 saturated carbocycles. The fourth-order valence-electron chi connectivity index (χ4n) is 2.03. The summed E-state index contributed by atoms with van der Waals surface area (Å²) in [6.45, 7) is 4.29. The maximum absolute atomic E-state index is 9.07. The summed E-state index contributed by atoms with van der Waals surface area (Å²) in [7, 11) is 0. The van der Waals surface area contributed by atoms with Crippen molar-refractivity contribution >= 4 is 22.1 Å². The number of nitrogens with two attached hydrogens (primary N) is 1. The average molecular weight is 245 g/mol. The first kappa shape index (κ1) is 12.6. The Morgan fingerprint density at radius 1 is 1.28 bits per heavy atom. The van der Waals surface area contributed by atoms with E-state index in [0.29, 0.717) is 6.42 Å². The van der Waals surface area contributed by atoms with E-state index < -0.39 is 0 Å². The first-order valence-corrected chi connectivity index (χ1v) is 6.05. The zero-order chi connectivity index (χ0) is 13.2. The van der Waals surface area contributed by atoms with Gasteiger partial charge < -0.3 is 16.2 Å². The summed E-state index contributed by atoms with van der Waals surface area (Å²) in [5, 5.41) is 14.5. The summed E-state index contributed by atoms with van der Waals surface area (Å²) < 4.78 is 0. The van der Waals surface area contributed by atoms with Crippen LogP contribution in [0.1, 0.15) is 20.3 Å². The highest BCUT2D eigenvalue weighted by molar-refractivity contribution is 6.00. The Bertz CT molecular complexity index is 552. The molecule has 0 aliphatic carbocycles. The number of nitrogen functional groups attached to an aromatic ring is 1. The molecule has 0 saturated heterocycles. The van der Waals surface area contributed by atoms with Crippen LogP contribution in [-0.4, -0.2) is 22.2 Å². The fraction of sp³-hybridized carbons (Fsp3) is 0.357. The van der Waals surface area contributed by atoms with Crippen LogP contribution in [-0.2, 0) is 0 Å². The third kappa shape index (κ3) is 2.54. The normalized spacial score (nSPS) is 11.7. The van der Waals surface area contributed by atoms with Gasteiger partial charge in [0.1, 0.15) is 0 Å². The third-order valence-corrected chi connectivity index (χ3v) is 3.06. The molecular formula is C14H19N3O. The van der Waals surface area contributed by atoms with E-state index in [1.807, 2.05) is 18.2 Å². The molecule has 0 atom stereocenters. The monoisotopic (exact) mass is 245 g/mol. The lowest BCUT2D eigenvalue weighted by Crippen LogP contribution is -2.32. The Morgan fingerprint density at radius 3 is 2.78 bits per heavy atom. The van der Waals surface area contributed by atoms with Gasteiger partial charge in [-0.15, -0.1) is 0 Å². The minimum absolute atomic E-state index is 0.161. The standard InChI is InChI=1S/C14H19N3O/c1-14(2,6-8-18)17-13-4-3-12(15)11-9-16-7-5-10(11)13/h3-5,7,9,17-18H,6,8,15H2,1-2H3. The van der Waals surface area contributed by atoms with E-state index >= 15 is 0 Å². The van der Waals surface area contributed by atoms with Gasteiger partial charge in [-0.25, -0.2) is 0 Å². The molecule has 1 heterocycles. The average Bonchev–Trinajstić information content (AvgIpc) is 2.33. The maximum Gasteiger partial charge on any atom is 0.0453 e. The molecule has 2 rings (SSSR count). The predicted octanol–water partition coefficient (Wildman–Crippen LogP) is 2.39. The van der Waals surface area contributed by atoms with Crippen LogP contribution >= 0.6 is 0 Å². The highest BCUT2D eigenvalue weighted by Crippen LogP contribution is 2.29. The molecule has 4 nitrogen and oxygen atoms in total. The minimum atomic E-state index is -0.166. The van der Waals surface area contributed by atoms with Gasteiger partial charge in [0, 0.05) is 46.7 Å². The second-order valence-corrected chi connectivity index (χ2v) is 5.11. The molecule has 0 fully saturated rings. The largest absolute Gasteiger partial charge is 0.398 e. The first-order valence-electron chi connectivity index (χ1n) is 6.05. The van der Waals surface area contributed by atoms with E-state index in [0.717, 1.165) is 22.1 Å². The van der Waals surface area contributed by atoms with Gasteiger partial charge in [0.15, 0.2) is 0 Å². The summed E-state index contributed by atoms with van der Waals surface area (Å²) >= 11 is 0. The van der Waals surface area contributed by atoms with E-state index in [1.54, 1.807) is 12.4 Å². The summed E-state index contributed by atoms with van der Waals surface area (Å²) in [4.78, 5) is 4.10. The third-order valence-electron chi connectivity index (χ3n) is 3.06. The molecule has 2 aromatic rings. The molecule has 18 heavy (non-hydrogen) atoms. The van der Waals surface area contributed by atoms with Crippen molar-refractivity contribution < 1.29 is 5.11 Å². The molecule has 0 aliphatic rings. The number of rotatable bonds is 4. The van der Waals surface area contributed by atoms with Crippen LogP contribution in [0, 0.1) is 0 Å². The Morgan fingerprint density at radius 2 is 2.06 bits per heavy atom. The zero-order valence-corrected chi connectivity index (χ0v) is 10.8. The van der Waals surface area contributed by atoms with E-state index in [4.69, 9.17) is 10.8 Å². The van der Waals surface area contributed by atoms with Crippen molar-refractivity contribution in [3.05, 3.63) is 30.6 Å². The lowest BCUT2D eigenvalue weighted by Gasteiger charge is -2.27. The predicted molar refractivity (Wildman–Crippen MR) is 75.6 cm³/mol. The highest BCUT2D eigenvalue weighted by Gasteiger charge is 2.17. The lowest BCUT2D eigenvalue weighted by molar-refractivity contribution is 0.261. The van der Waals surface area contributed by atoms with Crippen molar-refractivity contribution in [1.82, 2.24) is 4.98 Å². The van der Waals surface area contributed by atoms with E-state index in [9.17, 15) is 0 Å². The van der Waals surface area contributed by atoms with Crippen molar-refractivity contribution in [1.29, 1.82) is 0 Å². The van der Waals surface area contributed by atoms with Crippen LogP contribution in [0.5, 0.6) is 0 Å². The molecule has 0 unspecified atom stereocenters. The van der Waals surface area contributed by atoms with Crippen LogP contribution in [0.3, 0.4) is 0 Å². The number of hydrogen-bond donors (Lipinski definition) is 3. The molecule has 0 bridgehead atoms. The van der Waals surface area contributed by atoms with Crippen molar-refractivity contribution in [3.8, 4) is 0 Å². The minimum Gasteiger partial charge on any atom is -0.398 e. The summed E-state index contributed by atoms with van der Waals surface area (Å²) in [6.07, 6.45) is 4.21. The van der Waals surface area contributed by atoms with Gasteiger partial charge in [0.2, 0.25) is 0 Å². The number of benzene rings is 1. The van der Waals surface area contributed by atoms with E-state index in [-0.39, 0.29) is 12.1 Å². The number of pyridine rings is 1. The van der Waals surface area contributed by atoms with Gasteiger partial charge in [-0.3, -0.25) is 4.98 Å². The van der Waals surface area contributed by atoms with Gasteiger partial charge in [-0.05, 0) is 38.5 Å². The van der Waals surface area contributed by atoms with Crippen molar-refractivity contribution in [2.45, 2.75) is 25.8 Å². The second kappa shape index (κ2) is 4.82. The van der Waals surface area contributed by atoms with Gasteiger partial charge in [0.25, 0.3) is 0 Å². The second-order valence-electron chi connectivity index (χ2n) is 5.11. The van der Waals surface area contributed by atoms with E-state index in [2.05, 4.69) is 24.1 Å². The fourth-order valence-corrected chi connectivity index (χ4v) is 2.03. The number of fused-ring (bicyclic) bond motifs is 1. The smallest absolute Gasteiger partial charge is 0.0453 e. The molecule has 96 valence electrons. The highest BCUT2D eigenvalue weighted by atomic mass is 16.3. The molecule has 0 amide bonds. The summed E-state index contributed by atoms with van der Waals surface area (Å²) in [5.74, 6) is 0. The van der Waals surface area contributed by atoms with Gasteiger partial charge in [-0.2, -0.15) is 0 Å². The molecule has 4 N–H and O–H groups in total. The Labute approximate surface area is 107 Å². The topological polar surface area (TPSA) is 71.2 Å². The molecule has 1 aromatic carbocycles. The van der Waals surface area contributed by atoms with Crippen LogP contribution in [0.25, 0.3) is 10.8 Å². The van der Waals surface area contributed by atoms with Crippen molar-refractivity contribution in [3.63, 3.8) is 0 Å². The van der Waals surface area contributed by atoms with Gasteiger partial charge in [0.05, 0.1) is 0 Å². The molecule has 0 radical (unpaired) electrons. The zero-order valence-electron chi connectivity index (χ0n) is 10.8. The Kier molecular flexibility index (Phi) is 3.39. The lowest BCUT2D eigenvalue weighted by atomic mass is 9.99. The van der Waals surface area contributed by atoms with Crippen molar-refractivity contribution in [2.24, 2.45) is 0 Å². The van der Waals surface area contributed by atoms with E-state index in [1.165, 1.54) is 0 Å². The number of aromatic nitrogens is 1. The number of hydrogen-bond acceptors (Lipinski definition) is 4. The Hall–Kier alpha value is -1.81. The molecule has 0 spiro atoms. The number of aliphatic hydroxyl groups is 1. The molecule has 1 aromatic heterocycles. The molecule has 4 heteroatoms. The Balaban J connectivity index is 2.43. The summed E-state index contributed by atoms with van der Waals surface area (Å²) in [5.41, 5.74) is 7.51. The van der Waals surface area contributed by atoms with Gasteiger partial charge in [-0.1, -0.05) is 0 Å². The SMILES string of the molecule is CC(C)(CCO)Nc1ccc(N)c2cnccc12. The quantitative estimate of drug-likeness (QED) is 0.723.